The van der Waals surface area contributed by atoms with Crippen molar-refractivity contribution in [3.05, 3.63) is 80.9 Å². The Morgan fingerprint density at radius 2 is 1.06 bits per heavy atom. The lowest BCUT2D eigenvalue weighted by Gasteiger charge is -2.43. The smallest absolute Gasteiger partial charge is 0.0650 e. The minimum Gasteiger partial charge on any atom is -0.0650 e. The highest BCUT2D eigenvalue weighted by atomic mass is 28.3. The Balaban J connectivity index is 1.41. The highest BCUT2D eigenvalue weighted by Gasteiger charge is 2.55. The van der Waals surface area contributed by atoms with E-state index in [0.29, 0.717) is 0 Å². The van der Waals surface area contributed by atoms with Crippen LogP contribution in [0.3, 0.4) is 0 Å². The zero-order chi connectivity index (χ0) is 22.2. The fourth-order valence-electron chi connectivity index (χ4n) is 8.23. The molecule has 0 aromatic heterocycles. The summed E-state index contributed by atoms with van der Waals surface area (Å²) >= 11 is 0. The number of fused-ring (bicyclic) bond motifs is 2. The van der Waals surface area contributed by atoms with Gasteiger partial charge in [0.05, 0.1) is 8.07 Å². The van der Waals surface area contributed by atoms with E-state index in [1.165, 1.54) is 63.5 Å². The molecule has 2 aromatic rings. The molecule has 3 fully saturated rings. The summed E-state index contributed by atoms with van der Waals surface area (Å²) < 4.78 is 0. The second-order valence-corrected chi connectivity index (χ2v) is 16.3. The van der Waals surface area contributed by atoms with Gasteiger partial charge in [-0.25, -0.2) is 0 Å². The third kappa shape index (κ3) is 3.00. The molecule has 1 heterocycles. The number of hydrogen-bond acceptors (Lipinski definition) is 0. The van der Waals surface area contributed by atoms with Crippen LogP contribution < -0.4 is 0 Å². The lowest BCUT2D eigenvalue weighted by atomic mass is 9.99. The second kappa shape index (κ2) is 7.57. The second-order valence-electron chi connectivity index (χ2n) is 11.7. The molecule has 1 aliphatic heterocycles. The first-order valence-corrected chi connectivity index (χ1v) is 16.5. The van der Waals surface area contributed by atoms with Gasteiger partial charge < -0.3 is 0 Å². The molecule has 1 saturated heterocycles. The van der Waals surface area contributed by atoms with Crippen LogP contribution in [0.1, 0.15) is 122 Å². The van der Waals surface area contributed by atoms with Gasteiger partial charge in [-0.1, -0.05) is 98.5 Å². The first-order valence-electron chi connectivity index (χ1n) is 13.9. The van der Waals surface area contributed by atoms with Crippen LogP contribution in [0, 0.1) is 0 Å². The molecular formula is C32H38Si. The highest BCUT2D eigenvalue weighted by molar-refractivity contribution is 6.84. The summed E-state index contributed by atoms with van der Waals surface area (Å²) in [5.41, 5.74) is 15.2. The SMILES string of the molecule is CCC1=Cc2c(C3CC3)cccc2C1[Si]1(C2C(CC)=Cc3c(C4CC4)cccc32)CCCC1. The third-order valence-electron chi connectivity index (χ3n) is 9.91. The number of hydrogen-bond donors (Lipinski definition) is 0. The fraction of sp³-hybridized carbons (Fsp3) is 0.500. The minimum atomic E-state index is -1.65. The van der Waals surface area contributed by atoms with E-state index < -0.39 is 8.07 Å². The van der Waals surface area contributed by atoms with E-state index in [0.717, 1.165) is 22.9 Å². The van der Waals surface area contributed by atoms with E-state index in [1.54, 1.807) is 44.5 Å². The first kappa shape index (κ1) is 20.5. The molecule has 2 aromatic carbocycles. The fourth-order valence-corrected chi connectivity index (χ4v) is 15.6. The van der Waals surface area contributed by atoms with Crippen molar-refractivity contribution in [1.82, 2.24) is 0 Å². The summed E-state index contributed by atoms with van der Waals surface area (Å²) in [6, 6.07) is 17.9. The van der Waals surface area contributed by atoms with E-state index in [1.807, 2.05) is 0 Å². The van der Waals surface area contributed by atoms with Gasteiger partial charge in [-0.15, -0.1) is 0 Å². The summed E-state index contributed by atoms with van der Waals surface area (Å²) in [5.74, 6) is 1.68. The third-order valence-corrected chi connectivity index (χ3v) is 16.1. The van der Waals surface area contributed by atoms with E-state index in [9.17, 15) is 0 Å². The quantitative estimate of drug-likeness (QED) is 0.385. The predicted octanol–water partition coefficient (Wildman–Crippen LogP) is 9.24. The van der Waals surface area contributed by atoms with Crippen LogP contribution in [0.2, 0.25) is 12.1 Å². The number of benzene rings is 2. The lowest BCUT2D eigenvalue weighted by Crippen LogP contribution is -2.46. The van der Waals surface area contributed by atoms with Crippen molar-refractivity contribution in [3.63, 3.8) is 0 Å². The number of rotatable bonds is 6. The molecule has 0 nitrogen and oxygen atoms in total. The van der Waals surface area contributed by atoms with Crippen LogP contribution in [-0.2, 0) is 0 Å². The van der Waals surface area contributed by atoms with Gasteiger partial charge in [-0.2, -0.15) is 0 Å². The van der Waals surface area contributed by atoms with Crippen LogP contribution in [0.5, 0.6) is 0 Å². The molecule has 1 heteroatoms. The van der Waals surface area contributed by atoms with Crippen molar-refractivity contribution in [2.45, 2.75) is 100 Å². The van der Waals surface area contributed by atoms with Gasteiger partial charge in [0, 0.05) is 11.1 Å². The van der Waals surface area contributed by atoms with Crippen molar-refractivity contribution >= 4 is 20.2 Å². The van der Waals surface area contributed by atoms with Crippen molar-refractivity contribution in [2.75, 3.05) is 0 Å². The first-order chi connectivity index (χ1) is 16.2. The van der Waals surface area contributed by atoms with Gasteiger partial charge in [0.1, 0.15) is 0 Å². The molecule has 33 heavy (non-hydrogen) atoms. The van der Waals surface area contributed by atoms with Crippen LogP contribution in [0.25, 0.3) is 12.2 Å². The summed E-state index contributed by atoms with van der Waals surface area (Å²) in [4.78, 5) is 0. The highest BCUT2D eigenvalue weighted by Crippen LogP contribution is 2.61. The van der Waals surface area contributed by atoms with Gasteiger partial charge in [-0.05, 0) is 83.7 Å². The summed E-state index contributed by atoms with van der Waals surface area (Å²) in [6.45, 7) is 4.87. The summed E-state index contributed by atoms with van der Waals surface area (Å²) in [6.07, 6.45) is 16.4. The van der Waals surface area contributed by atoms with E-state index >= 15 is 0 Å². The topological polar surface area (TPSA) is 0 Å². The van der Waals surface area contributed by atoms with Gasteiger partial charge in [0.25, 0.3) is 0 Å². The largest absolute Gasteiger partial charge is 0.0782 e. The molecule has 0 N–H and O–H groups in total. The van der Waals surface area contributed by atoms with E-state index in [2.05, 4.69) is 62.4 Å². The Morgan fingerprint density at radius 1 is 0.636 bits per heavy atom. The van der Waals surface area contributed by atoms with Crippen LogP contribution in [0.4, 0.5) is 0 Å². The van der Waals surface area contributed by atoms with Crippen LogP contribution in [0.15, 0.2) is 47.5 Å². The maximum Gasteiger partial charge on any atom is 0.0782 e. The van der Waals surface area contributed by atoms with E-state index in [-0.39, 0.29) is 0 Å². The van der Waals surface area contributed by atoms with Crippen molar-refractivity contribution < 1.29 is 0 Å². The molecule has 7 rings (SSSR count). The standard InChI is InChI=1S/C32H38Si/c1-3-21-19-29-25(23-13-14-23)9-7-11-27(29)31(21)33(17-5-6-18-33)32-22(4-2)20-30-26(24-15-16-24)10-8-12-28(30)32/h7-12,19-20,23-24,31-32H,3-6,13-18H2,1-2H3. The molecular weight excluding hydrogens is 412 g/mol. The van der Waals surface area contributed by atoms with Crippen molar-refractivity contribution in [1.29, 1.82) is 0 Å². The van der Waals surface area contributed by atoms with Gasteiger partial charge in [-0.3, -0.25) is 0 Å². The molecule has 0 radical (unpaired) electrons. The molecule has 2 saturated carbocycles. The maximum absolute atomic E-state index is 2.69. The normalized spacial score (nSPS) is 27.3. The van der Waals surface area contributed by atoms with Gasteiger partial charge in [0.2, 0.25) is 0 Å². The molecule has 5 aliphatic rings. The Bertz CT molecular complexity index is 1080. The predicted molar refractivity (Wildman–Crippen MR) is 143 cm³/mol. The van der Waals surface area contributed by atoms with Crippen molar-refractivity contribution in [3.8, 4) is 0 Å². The molecule has 2 atom stereocenters. The molecule has 2 unspecified atom stereocenters. The zero-order valence-electron chi connectivity index (χ0n) is 20.5. The molecule has 0 bridgehead atoms. The molecule has 4 aliphatic carbocycles. The van der Waals surface area contributed by atoms with E-state index in [4.69, 9.17) is 0 Å². The van der Waals surface area contributed by atoms with Gasteiger partial charge in [0.15, 0.2) is 0 Å². The Hall–Kier alpha value is -1.86. The summed E-state index contributed by atoms with van der Waals surface area (Å²) in [5, 5.41) is 0. The minimum absolute atomic E-state index is 0.745. The van der Waals surface area contributed by atoms with Crippen molar-refractivity contribution in [2.24, 2.45) is 0 Å². The zero-order valence-corrected chi connectivity index (χ0v) is 21.5. The molecule has 170 valence electrons. The van der Waals surface area contributed by atoms with Crippen LogP contribution in [-0.4, -0.2) is 8.07 Å². The maximum atomic E-state index is 2.69. The Labute approximate surface area is 201 Å². The van der Waals surface area contributed by atoms with Crippen LogP contribution >= 0.6 is 0 Å². The monoisotopic (exact) mass is 450 g/mol. The number of allylic oxidation sites excluding steroid dienone is 2. The summed E-state index contributed by atoms with van der Waals surface area (Å²) in [7, 11) is -1.65. The Morgan fingerprint density at radius 3 is 1.45 bits per heavy atom. The average Bonchev–Trinajstić information content (AvgIpc) is 3.74. The molecule has 0 amide bonds. The molecule has 0 spiro atoms. The Kier molecular flexibility index (Phi) is 4.70. The average molecular weight is 451 g/mol. The van der Waals surface area contributed by atoms with Gasteiger partial charge >= 0.3 is 0 Å². The lowest BCUT2D eigenvalue weighted by molar-refractivity contribution is 0.878.